The minimum absolute atomic E-state index is 0.0758. The average Bonchev–Trinajstić information content (AvgIpc) is 3.34. The first-order valence-corrected chi connectivity index (χ1v) is 8.03. The molecule has 7 heteroatoms. The van der Waals surface area contributed by atoms with Gasteiger partial charge in [0.05, 0.1) is 5.75 Å². The maximum absolute atomic E-state index is 13.8. The summed E-state index contributed by atoms with van der Waals surface area (Å²) >= 11 is 1.38. The molecule has 0 saturated heterocycles. The summed E-state index contributed by atoms with van der Waals surface area (Å²) in [7, 11) is 0. The summed E-state index contributed by atoms with van der Waals surface area (Å²) in [6.07, 6.45) is 3.53. The van der Waals surface area contributed by atoms with Crippen molar-refractivity contribution in [2.45, 2.75) is 23.8 Å². The largest absolute Gasteiger partial charge is 0.338 e. The molecule has 1 aromatic heterocycles. The molecule has 2 aliphatic rings. The number of aromatic nitrogens is 2. The Kier molecular flexibility index (Phi) is 3.22. The minimum atomic E-state index is -0.165. The molecule has 2 heterocycles. The number of hydrogen-bond acceptors (Lipinski definition) is 5. The molecule has 2 N–H and O–H groups in total. The van der Waals surface area contributed by atoms with Gasteiger partial charge < -0.3 is 10.6 Å². The van der Waals surface area contributed by atoms with Crippen molar-refractivity contribution >= 4 is 34.9 Å². The maximum atomic E-state index is 13.8. The molecular formula is C15H13FN4OS. The van der Waals surface area contributed by atoms with Gasteiger partial charge in [-0.2, -0.15) is 0 Å². The van der Waals surface area contributed by atoms with Gasteiger partial charge in [0.1, 0.15) is 22.9 Å². The number of amides is 1. The first-order valence-electron chi connectivity index (χ1n) is 7.05. The number of nitrogens with one attached hydrogen (secondary N) is 2. The molecule has 1 fully saturated rings. The zero-order chi connectivity index (χ0) is 15.1. The molecule has 0 bridgehead atoms. The Morgan fingerprint density at radius 2 is 2.18 bits per heavy atom. The van der Waals surface area contributed by atoms with Crippen LogP contribution in [0.2, 0.25) is 0 Å². The third-order valence-electron chi connectivity index (χ3n) is 3.69. The van der Waals surface area contributed by atoms with Crippen LogP contribution in [0.4, 0.5) is 21.6 Å². The van der Waals surface area contributed by atoms with E-state index < -0.39 is 0 Å². The summed E-state index contributed by atoms with van der Waals surface area (Å²) in [6, 6.07) is 4.96. The number of benzene rings is 1. The Labute approximate surface area is 130 Å². The van der Waals surface area contributed by atoms with Crippen molar-refractivity contribution < 1.29 is 9.18 Å². The SMILES string of the molecule is O=C1CSc2ncnc(Nc3ccc(F)c(C4CC4)c3)c2N1. The van der Waals surface area contributed by atoms with E-state index in [1.165, 1.54) is 24.2 Å². The predicted molar refractivity (Wildman–Crippen MR) is 83.0 cm³/mol. The Hall–Kier alpha value is -2.15. The topological polar surface area (TPSA) is 66.9 Å². The van der Waals surface area contributed by atoms with Gasteiger partial charge >= 0.3 is 0 Å². The molecule has 1 amide bonds. The van der Waals surface area contributed by atoms with E-state index in [2.05, 4.69) is 20.6 Å². The molecule has 5 nitrogen and oxygen atoms in total. The normalized spacial score (nSPS) is 16.9. The molecule has 0 unspecified atom stereocenters. The van der Waals surface area contributed by atoms with Crippen molar-refractivity contribution in [2.24, 2.45) is 0 Å². The molecule has 0 atom stereocenters. The van der Waals surface area contributed by atoms with Crippen LogP contribution in [-0.2, 0) is 4.79 Å². The molecule has 2 aromatic rings. The van der Waals surface area contributed by atoms with Crippen LogP contribution in [0.1, 0.15) is 24.3 Å². The standard InChI is InChI=1S/C15H13FN4OS/c16-11-4-3-9(5-10(11)8-1-2-8)19-14-13-15(18-7-17-14)22-6-12(21)20-13/h3-5,7-8H,1-2,6H2,(H,20,21)(H,17,18,19). The molecule has 1 saturated carbocycles. The lowest BCUT2D eigenvalue weighted by Gasteiger charge is -2.18. The quantitative estimate of drug-likeness (QED) is 0.851. The Morgan fingerprint density at radius 1 is 1.32 bits per heavy atom. The fraction of sp³-hybridized carbons (Fsp3) is 0.267. The van der Waals surface area contributed by atoms with E-state index in [0.717, 1.165) is 29.1 Å². The summed E-state index contributed by atoms with van der Waals surface area (Å²) in [5, 5.41) is 6.68. The van der Waals surface area contributed by atoms with Gasteiger partial charge in [0, 0.05) is 5.69 Å². The molecule has 112 valence electrons. The Bertz CT molecular complexity index is 763. The lowest BCUT2D eigenvalue weighted by molar-refractivity contribution is -0.113. The molecule has 1 aromatic carbocycles. The number of halogens is 1. The Balaban J connectivity index is 1.67. The molecular weight excluding hydrogens is 303 g/mol. The van der Waals surface area contributed by atoms with Crippen LogP contribution in [0.25, 0.3) is 0 Å². The highest BCUT2D eigenvalue weighted by molar-refractivity contribution is 8.00. The third-order valence-corrected chi connectivity index (χ3v) is 4.68. The van der Waals surface area contributed by atoms with Gasteiger partial charge in [0.15, 0.2) is 5.82 Å². The van der Waals surface area contributed by atoms with Crippen LogP contribution in [0.15, 0.2) is 29.6 Å². The molecule has 4 rings (SSSR count). The van der Waals surface area contributed by atoms with Crippen molar-refractivity contribution in [3.8, 4) is 0 Å². The highest BCUT2D eigenvalue weighted by Gasteiger charge is 2.27. The molecule has 0 spiro atoms. The monoisotopic (exact) mass is 316 g/mol. The van der Waals surface area contributed by atoms with Gasteiger partial charge in [-0.15, -0.1) is 0 Å². The van der Waals surface area contributed by atoms with Gasteiger partial charge in [-0.05, 0) is 42.5 Å². The number of thioether (sulfide) groups is 1. The van der Waals surface area contributed by atoms with E-state index in [1.807, 2.05) is 6.07 Å². The second kappa shape index (κ2) is 5.24. The van der Waals surface area contributed by atoms with Gasteiger partial charge in [-0.25, -0.2) is 14.4 Å². The first kappa shape index (κ1) is 13.5. The number of rotatable bonds is 3. The van der Waals surface area contributed by atoms with E-state index in [-0.39, 0.29) is 11.7 Å². The van der Waals surface area contributed by atoms with Gasteiger partial charge in [0.25, 0.3) is 0 Å². The van der Waals surface area contributed by atoms with Crippen LogP contribution in [0.5, 0.6) is 0 Å². The van der Waals surface area contributed by atoms with Crippen molar-refractivity contribution in [2.75, 3.05) is 16.4 Å². The van der Waals surface area contributed by atoms with E-state index in [4.69, 9.17) is 0 Å². The molecule has 22 heavy (non-hydrogen) atoms. The van der Waals surface area contributed by atoms with Gasteiger partial charge in [-0.1, -0.05) is 11.8 Å². The molecule has 0 radical (unpaired) electrons. The fourth-order valence-electron chi connectivity index (χ4n) is 2.46. The van der Waals surface area contributed by atoms with Crippen LogP contribution in [0, 0.1) is 5.82 Å². The fourth-order valence-corrected chi connectivity index (χ4v) is 3.21. The summed E-state index contributed by atoms with van der Waals surface area (Å²) < 4.78 is 13.8. The summed E-state index contributed by atoms with van der Waals surface area (Å²) in [4.78, 5) is 19.9. The lowest BCUT2D eigenvalue weighted by Crippen LogP contribution is -2.20. The van der Waals surface area contributed by atoms with Crippen LogP contribution in [-0.4, -0.2) is 21.6 Å². The van der Waals surface area contributed by atoms with E-state index >= 15 is 0 Å². The molecule has 1 aliphatic carbocycles. The number of nitrogens with zero attached hydrogens (tertiary/aromatic N) is 2. The second-order valence-electron chi connectivity index (χ2n) is 5.37. The van der Waals surface area contributed by atoms with E-state index in [0.29, 0.717) is 23.2 Å². The van der Waals surface area contributed by atoms with Gasteiger partial charge in [0.2, 0.25) is 5.91 Å². The minimum Gasteiger partial charge on any atom is -0.338 e. The molecule has 1 aliphatic heterocycles. The van der Waals surface area contributed by atoms with Crippen molar-refractivity contribution in [3.05, 3.63) is 35.9 Å². The van der Waals surface area contributed by atoms with Gasteiger partial charge in [-0.3, -0.25) is 4.79 Å². The van der Waals surface area contributed by atoms with Crippen LogP contribution >= 0.6 is 11.8 Å². The maximum Gasteiger partial charge on any atom is 0.234 e. The number of hydrogen-bond donors (Lipinski definition) is 2. The number of carbonyl (C=O) groups is 1. The van der Waals surface area contributed by atoms with Crippen LogP contribution in [0.3, 0.4) is 0 Å². The van der Waals surface area contributed by atoms with E-state index in [9.17, 15) is 9.18 Å². The van der Waals surface area contributed by atoms with Crippen molar-refractivity contribution in [3.63, 3.8) is 0 Å². The first-order chi connectivity index (χ1) is 10.7. The second-order valence-corrected chi connectivity index (χ2v) is 6.34. The Morgan fingerprint density at radius 3 is 3.00 bits per heavy atom. The third kappa shape index (κ3) is 2.52. The summed E-state index contributed by atoms with van der Waals surface area (Å²) in [5.41, 5.74) is 2.08. The van der Waals surface area contributed by atoms with Crippen molar-refractivity contribution in [1.29, 1.82) is 0 Å². The lowest BCUT2D eigenvalue weighted by atomic mass is 10.1. The highest BCUT2D eigenvalue weighted by Crippen LogP contribution is 2.42. The number of fused-ring (bicyclic) bond motifs is 1. The van der Waals surface area contributed by atoms with E-state index in [1.54, 1.807) is 6.07 Å². The average molecular weight is 316 g/mol. The zero-order valence-corrected chi connectivity index (χ0v) is 12.4. The predicted octanol–water partition coefficient (Wildman–Crippen LogP) is 3.28. The highest BCUT2D eigenvalue weighted by atomic mass is 32.2. The smallest absolute Gasteiger partial charge is 0.234 e. The van der Waals surface area contributed by atoms with Crippen LogP contribution < -0.4 is 10.6 Å². The summed E-state index contributed by atoms with van der Waals surface area (Å²) in [5.74, 6) is 0.969. The van der Waals surface area contributed by atoms with Crippen molar-refractivity contribution in [1.82, 2.24) is 9.97 Å². The zero-order valence-electron chi connectivity index (χ0n) is 11.6. The summed E-state index contributed by atoms with van der Waals surface area (Å²) in [6.45, 7) is 0. The number of anilines is 3. The number of carbonyl (C=O) groups excluding carboxylic acids is 1.